The summed E-state index contributed by atoms with van der Waals surface area (Å²) >= 11 is 0. The Kier molecular flexibility index (Phi) is 4.83. The molecule has 1 saturated heterocycles. The number of likely N-dealkylation sites (tertiary alicyclic amines) is 1. The monoisotopic (exact) mass is 240 g/mol. The van der Waals surface area contributed by atoms with Crippen LogP contribution >= 0.6 is 0 Å². The summed E-state index contributed by atoms with van der Waals surface area (Å²) in [6.07, 6.45) is 7.05. The van der Waals surface area contributed by atoms with Crippen molar-refractivity contribution in [2.45, 2.75) is 70.2 Å². The summed E-state index contributed by atoms with van der Waals surface area (Å²) in [6, 6.07) is 1.96. The quantitative estimate of drug-likeness (QED) is 0.813. The van der Waals surface area contributed by atoms with Gasteiger partial charge < -0.3 is 10.1 Å². The third-order valence-corrected chi connectivity index (χ3v) is 4.21. The first-order valence-electron chi connectivity index (χ1n) is 7.23. The number of piperidine rings is 1. The predicted octanol–water partition coefficient (Wildman–Crippen LogP) is 2.02. The molecule has 100 valence electrons. The normalized spacial score (nSPS) is 35.6. The predicted molar refractivity (Wildman–Crippen MR) is 71.3 cm³/mol. The lowest BCUT2D eigenvalue weighted by molar-refractivity contribution is 0.0189. The number of hydrogen-bond donors (Lipinski definition) is 1. The van der Waals surface area contributed by atoms with Crippen LogP contribution in [0.25, 0.3) is 0 Å². The molecular weight excluding hydrogens is 212 g/mol. The Morgan fingerprint density at radius 3 is 2.71 bits per heavy atom. The SMILES string of the molecule is COC1CCCC1N1CCCC(NC(C)C)C1. The van der Waals surface area contributed by atoms with E-state index in [1.54, 1.807) is 0 Å². The molecule has 3 atom stereocenters. The summed E-state index contributed by atoms with van der Waals surface area (Å²) in [5.74, 6) is 0. The van der Waals surface area contributed by atoms with Gasteiger partial charge in [0.15, 0.2) is 0 Å². The Bertz CT molecular complexity index is 232. The first-order chi connectivity index (χ1) is 8.20. The molecule has 3 heteroatoms. The minimum Gasteiger partial charge on any atom is -0.380 e. The van der Waals surface area contributed by atoms with Crippen molar-refractivity contribution in [2.24, 2.45) is 0 Å². The highest BCUT2D eigenvalue weighted by atomic mass is 16.5. The molecule has 3 unspecified atom stereocenters. The van der Waals surface area contributed by atoms with Gasteiger partial charge in [0.25, 0.3) is 0 Å². The highest BCUT2D eigenvalue weighted by Gasteiger charge is 2.34. The van der Waals surface area contributed by atoms with Crippen molar-refractivity contribution in [3.63, 3.8) is 0 Å². The number of methoxy groups -OCH3 is 1. The first kappa shape index (κ1) is 13.3. The maximum absolute atomic E-state index is 5.63. The number of hydrogen-bond acceptors (Lipinski definition) is 3. The second-order valence-electron chi connectivity index (χ2n) is 5.93. The van der Waals surface area contributed by atoms with Gasteiger partial charge in [0.2, 0.25) is 0 Å². The van der Waals surface area contributed by atoms with Gasteiger partial charge in [-0.1, -0.05) is 13.8 Å². The van der Waals surface area contributed by atoms with Crippen molar-refractivity contribution in [1.82, 2.24) is 10.2 Å². The van der Waals surface area contributed by atoms with Gasteiger partial charge >= 0.3 is 0 Å². The molecule has 0 bridgehead atoms. The second-order valence-corrected chi connectivity index (χ2v) is 5.93. The van der Waals surface area contributed by atoms with Crippen molar-refractivity contribution in [3.05, 3.63) is 0 Å². The molecule has 1 N–H and O–H groups in total. The number of nitrogens with zero attached hydrogens (tertiary/aromatic N) is 1. The maximum atomic E-state index is 5.63. The molecule has 0 aromatic carbocycles. The lowest BCUT2D eigenvalue weighted by Gasteiger charge is -2.39. The third kappa shape index (κ3) is 3.43. The molecule has 3 nitrogen and oxygen atoms in total. The van der Waals surface area contributed by atoms with Crippen molar-refractivity contribution in [1.29, 1.82) is 0 Å². The molecule has 1 heterocycles. The minimum atomic E-state index is 0.479. The van der Waals surface area contributed by atoms with Gasteiger partial charge in [0, 0.05) is 31.8 Å². The highest BCUT2D eigenvalue weighted by Crippen LogP contribution is 2.28. The van der Waals surface area contributed by atoms with Gasteiger partial charge in [-0.3, -0.25) is 4.90 Å². The molecule has 0 spiro atoms. The van der Waals surface area contributed by atoms with Gasteiger partial charge in [-0.2, -0.15) is 0 Å². The standard InChI is InChI=1S/C14H28N2O/c1-11(2)15-12-6-5-9-16(10-12)13-7-4-8-14(13)17-3/h11-15H,4-10H2,1-3H3. The minimum absolute atomic E-state index is 0.479. The largest absolute Gasteiger partial charge is 0.380 e. The van der Waals surface area contributed by atoms with Crippen molar-refractivity contribution in [3.8, 4) is 0 Å². The van der Waals surface area contributed by atoms with Crippen LogP contribution in [0.5, 0.6) is 0 Å². The Labute approximate surface area is 106 Å². The molecule has 0 aromatic rings. The van der Waals surface area contributed by atoms with E-state index in [0.717, 1.165) is 0 Å². The fraction of sp³-hybridized carbons (Fsp3) is 1.00. The van der Waals surface area contributed by atoms with Gasteiger partial charge in [-0.15, -0.1) is 0 Å². The van der Waals surface area contributed by atoms with Crippen LogP contribution in [0.4, 0.5) is 0 Å². The van der Waals surface area contributed by atoms with Crippen LogP contribution in [0.1, 0.15) is 46.0 Å². The Hall–Kier alpha value is -0.120. The van der Waals surface area contributed by atoms with E-state index in [1.807, 2.05) is 7.11 Å². The van der Waals surface area contributed by atoms with Crippen LogP contribution in [-0.2, 0) is 4.74 Å². The van der Waals surface area contributed by atoms with E-state index < -0.39 is 0 Å². The van der Waals surface area contributed by atoms with E-state index in [9.17, 15) is 0 Å². The molecule has 1 saturated carbocycles. The second kappa shape index (κ2) is 6.17. The number of ether oxygens (including phenoxy) is 1. The molecule has 1 aliphatic carbocycles. The summed E-state index contributed by atoms with van der Waals surface area (Å²) in [4.78, 5) is 2.67. The van der Waals surface area contributed by atoms with E-state index in [1.165, 1.54) is 45.2 Å². The van der Waals surface area contributed by atoms with Gasteiger partial charge in [-0.25, -0.2) is 0 Å². The molecule has 2 aliphatic rings. The Morgan fingerprint density at radius 1 is 1.18 bits per heavy atom. The highest BCUT2D eigenvalue weighted by molar-refractivity contribution is 4.90. The first-order valence-corrected chi connectivity index (χ1v) is 7.23. The molecular formula is C14H28N2O. The van der Waals surface area contributed by atoms with Crippen molar-refractivity contribution in [2.75, 3.05) is 20.2 Å². The molecule has 17 heavy (non-hydrogen) atoms. The average Bonchev–Trinajstić information content (AvgIpc) is 2.76. The third-order valence-electron chi connectivity index (χ3n) is 4.21. The van der Waals surface area contributed by atoms with Crippen LogP contribution < -0.4 is 5.32 Å². The molecule has 0 amide bonds. The van der Waals surface area contributed by atoms with Crippen LogP contribution in [0.15, 0.2) is 0 Å². The summed E-state index contributed by atoms with van der Waals surface area (Å²) < 4.78 is 5.63. The zero-order valence-electron chi connectivity index (χ0n) is 11.6. The fourth-order valence-electron chi connectivity index (χ4n) is 3.51. The Balaban J connectivity index is 1.88. The van der Waals surface area contributed by atoms with Crippen LogP contribution in [0, 0.1) is 0 Å². The smallest absolute Gasteiger partial charge is 0.0726 e. The fourth-order valence-corrected chi connectivity index (χ4v) is 3.51. The van der Waals surface area contributed by atoms with E-state index in [4.69, 9.17) is 4.74 Å². The summed E-state index contributed by atoms with van der Waals surface area (Å²) in [5.41, 5.74) is 0. The van der Waals surface area contributed by atoms with Gasteiger partial charge in [0.05, 0.1) is 6.10 Å². The number of nitrogens with one attached hydrogen (secondary N) is 1. The van der Waals surface area contributed by atoms with Gasteiger partial charge in [0.1, 0.15) is 0 Å². The summed E-state index contributed by atoms with van der Waals surface area (Å²) in [5, 5.41) is 3.69. The molecule has 1 aliphatic heterocycles. The van der Waals surface area contributed by atoms with Crippen molar-refractivity contribution < 1.29 is 4.74 Å². The summed E-state index contributed by atoms with van der Waals surface area (Å²) in [6.45, 7) is 6.96. The topological polar surface area (TPSA) is 24.5 Å². The van der Waals surface area contributed by atoms with Crippen molar-refractivity contribution >= 4 is 0 Å². The molecule has 0 radical (unpaired) electrons. The maximum Gasteiger partial charge on any atom is 0.0726 e. The van der Waals surface area contributed by atoms with E-state index in [-0.39, 0.29) is 0 Å². The number of rotatable bonds is 4. The molecule has 2 rings (SSSR count). The average molecular weight is 240 g/mol. The molecule has 2 fully saturated rings. The summed E-state index contributed by atoms with van der Waals surface area (Å²) in [7, 11) is 1.87. The van der Waals surface area contributed by atoms with E-state index in [2.05, 4.69) is 24.1 Å². The van der Waals surface area contributed by atoms with E-state index in [0.29, 0.717) is 24.2 Å². The molecule has 0 aromatic heterocycles. The van der Waals surface area contributed by atoms with Gasteiger partial charge in [-0.05, 0) is 38.6 Å². The lowest BCUT2D eigenvalue weighted by atomic mass is 10.0. The van der Waals surface area contributed by atoms with E-state index >= 15 is 0 Å². The van der Waals surface area contributed by atoms with Crippen LogP contribution in [-0.4, -0.2) is 49.3 Å². The van der Waals surface area contributed by atoms with Crippen LogP contribution in [0.2, 0.25) is 0 Å². The lowest BCUT2D eigenvalue weighted by Crippen LogP contribution is -2.53. The zero-order chi connectivity index (χ0) is 12.3. The Morgan fingerprint density at radius 2 is 2.00 bits per heavy atom. The van der Waals surface area contributed by atoms with Crippen LogP contribution in [0.3, 0.4) is 0 Å². The zero-order valence-corrected chi connectivity index (χ0v) is 11.6.